The lowest BCUT2D eigenvalue weighted by atomic mass is 9.88. The number of hydrogen-bond acceptors (Lipinski definition) is 8. The van der Waals surface area contributed by atoms with Gasteiger partial charge in [-0.15, -0.1) is 0 Å². The quantitative estimate of drug-likeness (QED) is 0.218. The minimum Gasteiger partial charge on any atom is -0.493 e. The molecule has 1 aliphatic carbocycles. The van der Waals surface area contributed by atoms with Crippen molar-refractivity contribution in [2.75, 3.05) is 40.5 Å². The van der Waals surface area contributed by atoms with Crippen molar-refractivity contribution in [3.63, 3.8) is 0 Å². The number of nitrogens with one attached hydrogen (secondary N) is 1. The summed E-state index contributed by atoms with van der Waals surface area (Å²) in [6.45, 7) is -0.414. The molecule has 1 aliphatic rings. The van der Waals surface area contributed by atoms with E-state index in [4.69, 9.17) is 14.2 Å². The number of nitrogens with zero attached hydrogens (tertiary/aromatic N) is 1. The Morgan fingerprint density at radius 1 is 1.25 bits per heavy atom. The van der Waals surface area contributed by atoms with Crippen LogP contribution >= 0.6 is 22.6 Å². The van der Waals surface area contributed by atoms with Gasteiger partial charge in [-0.3, -0.25) is 14.4 Å². The van der Waals surface area contributed by atoms with Crippen LogP contribution in [0.3, 0.4) is 0 Å². The molecule has 0 bridgehead atoms. The van der Waals surface area contributed by atoms with E-state index in [1.807, 2.05) is 22.6 Å². The lowest BCUT2D eigenvalue weighted by Crippen LogP contribution is -2.56. The standard InChI is InChI=1S/C28H32FIN2O8/c1-38-16-25(35)32(8-6-17-4-3-5-20(29)10-17)22-13-19(28(37)31-7-9-33)14-23(26(22)36)40-27-21(30)11-18(15-34)12-24(27)39-2/h3-5,10-12,14-15,22-23,26,33,36H,6-9,13,16H2,1-2H3,(H,31,37)/t22-,23+,26+/m1/s1. The monoisotopic (exact) mass is 670 g/mol. The SMILES string of the molecule is COCC(=O)N(CCc1cccc(F)c1)[C@@H]1CC(C(=O)NCCO)=C[C@H](Oc2c(I)cc(C=O)cc2OC)[C@H]1O. The Kier molecular flexibility index (Phi) is 11.9. The first-order valence-corrected chi connectivity index (χ1v) is 13.6. The third-order valence-electron chi connectivity index (χ3n) is 6.38. The molecule has 12 heteroatoms. The molecule has 0 aromatic heterocycles. The number of hydrogen-bond donors (Lipinski definition) is 3. The molecule has 40 heavy (non-hydrogen) atoms. The summed E-state index contributed by atoms with van der Waals surface area (Å²) < 4.78 is 31.0. The largest absolute Gasteiger partial charge is 0.493 e. The van der Waals surface area contributed by atoms with Crippen LogP contribution in [-0.2, 0) is 20.7 Å². The van der Waals surface area contributed by atoms with E-state index in [-0.39, 0.29) is 56.2 Å². The van der Waals surface area contributed by atoms with E-state index < -0.39 is 35.9 Å². The molecule has 0 heterocycles. The number of rotatable bonds is 13. The lowest BCUT2D eigenvalue weighted by Gasteiger charge is -2.40. The van der Waals surface area contributed by atoms with E-state index in [0.717, 1.165) is 0 Å². The summed E-state index contributed by atoms with van der Waals surface area (Å²) in [5.41, 5.74) is 1.26. The number of carbonyl (C=O) groups is 3. The zero-order chi connectivity index (χ0) is 29.2. The first kappa shape index (κ1) is 31.5. The summed E-state index contributed by atoms with van der Waals surface area (Å²) in [6, 6.07) is 8.17. The summed E-state index contributed by atoms with van der Waals surface area (Å²) in [7, 11) is 2.78. The van der Waals surface area contributed by atoms with Crippen LogP contribution in [0.5, 0.6) is 11.5 Å². The van der Waals surface area contributed by atoms with Crippen molar-refractivity contribution in [3.8, 4) is 11.5 Å². The molecule has 0 saturated heterocycles. The first-order chi connectivity index (χ1) is 19.2. The van der Waals surface area contributed by atoms with Crippen LogP contribution < -0.4 is 14.8 Å². The van der Waals surface area contributed by atoms with E-state index in [1.54, 1.807) is 18.2 Å². The normalized spacial score (nSPS) is 18.4. The van der Waals surface area contributed by atoms with Gasteiger partial charge in [-0.05, 0) is 64.9 Å². The maximum atomic E-state index is 13.8. The molecule has 0 radical (unpaired) electrons. The highest BCUT2D eigenvalue weighted by atomic mass is 127. The molecular formula is C28H32FIN2O8. The minimum absolute atomic E-state index is 0.00476. The minimum atomic E-state index is -1.28. The molecule has 0 fully saturated rings. The van der Waals surface area contributed by atoms with Crippen molar-refractivity contribution in [1.29, 1.82) is 0 Å². The van der Waals surface area contributed by atoms with E-state index in [1.165, 1.54) is 43.4 Å². The predicted molar refractivity (Wildman–Crippen MR) is 152 cm³/mol. The molecule has 0 unspecified atom stereocenters. The van der Waals surface area contributed by atoms with Crippen LogP contribution in [0.1, 0.15) is 22.3 Å². The predicted octanol–water partition coefficient (Wildman–Crippen LogP) is 1.88. The molecule has 2 amide bonds. The fourth-order valence-electron chi connectivity index (χ4n) is 4.46. The van der Waals surface area contributed by atoms with Gasteiger partial charge in [0.1, 0.15) is 30.9 Å². The fraction of sp³-hybridized carbons (Fsp3) is 0.393. The van der Waals surface area contributed by atoms with E-state index in [2.05, 4.69) is 5.32 Å². The van der Waals surface area contributed by atoms with Gasteiger partial charge in [0.25, 0.3) is 0 Å². The molecule has 0 spiro atoms. The molecule has 216 valence electrons. The lowest BCUT2D eigenvalue weighted by molar-refractivity contribution is -0.142. The van der Waals surface area contributed by atoms with Gasteiger partial charge in [-0.25, -0.2) is 4.39 Å². The van der Waals surface area contributed by atoms with Crippen molar-refractivity contribution >= 4 is 40.7 Å². The average Bonchev–Trinajstić information content (AvgIpc) is 2.94. The van der Waals surface area contributed by atoms with Crippen LogP contribution in [0.2, 0.25) is 0 Å². The van der Waals surface area contributed by atoms with Gasteiger partial charge in [0.05, 0.1) is 23.3 Å². The summed E-state index contributed by atoms with van der Waals surface area (Å²) in [6.07, 6.45) is 0.0505. The van der Waals surface area contributed by atoms with E-state index in [9.17, 15) is 29.0 Å². The van der Waals surface area contributed by atoms with Gasteiger partial charge in [0, 0.05) is 37.8 Å². The second-order valence-electron chi connectivity index (χ2n) is 9.07. The molecule has 0 aliphatic heterocycles. The molecule has 0 saturated carbocycles. The highest BCUT2D eigenvalue weighted by Gasteiger charge is 2.40. The first-order valence-electron chi connectivity index (χ1n) is 12.5. The summed E-state index contributed by atoms with van der Waals surface area (Å²) in [5, 5.41) is 23.3. The number of aliphatic hydroxyl groups excluding tert-OH is 2. The van der Waals surface area contributed by atoms with Crippen molar-refractivity contribution in [3.05, 3.63) is 68.6 Å². The Morgan fingerprint density at radius 3 is 2.67 bits per heavy atom. The number of ether oxygens (including phenoxy) is 3. The third-order valence-corrected chi connectivity index (χ3v) is 7.18. The number of aldehydes is 1. The topological polar surface area (TPSA) is 135 Å². The molecule has 2 aromatic rings. The number of carbonyl (C=O) groups excluding carboxylic acids is 3. The summed E-state index contributed by atoms with van der Waals surface area (Å²) >= 11 is 1.98. The van der Waals surface area contributed by atoms with Crippen LogP contribution in [0.4, 0.5) is 4.39 Å². The molecule has 3 rings (SSSR count). The van der Waals surface area contributed by atoms with Gasteiger partial charge < -0.3 is 34.6 Å². The Hall–Kier alpha value is -3.07. The highest BCUT2D eigenvalue weighted by Crippen LogP contribution is 2.37. The number of halogens is 2. The van der Waals surface area contributed by atoms with Gasteiger partial charge in [-0.2, -0.15) is 0 Å². The highest BCUT2D eigenvalue weighted by molar-refractivity contribution is 14.1. The van der Waals surface area contributed by atoms with Gasteiger partial charge >= 0.3 is 0 Å². The average molecular weight is 670 g/mol. The molecule has 2 aromatic carbocycles. The Balaban J connectivity index is 1.99. The maximum Gasteiger partial charge on any atom is 0.248 e. The fourth-order valence-corrected chi connectivity index (χ4v) is 5.21. The van der Waals surface area contributed by atoms with Crippen LogP contribution in [0.25, 0.3) is 0 Å². The maximum absolute atomic E-state index is 13.8. The Morgan fingerprint density at radius 2 is 2.02 bits per heavy atom. The number of aliphatic hydroxyl groups is 2. The van der Waals surface area contributed by atoms with Crippen molar-refractivity contribution in [2.24, 2.45) is 0 Å². The zero-order valence-corrected chi connectivity index (χ0v) is 24.3. The van der Waals surface area contributed by atoms with Crippen LogP contribution in [0.15, 0.2) is 48.0 Å². The summed E-state index contributed by atoms with van der Waals surface area (Å²) in [5.74, 6) is -0.822. The van der Waals surface area contributed by atoms with Crippen molar-refractivity contribution in [2.45, 2.75) is 31.1 Å². The van der Waals surface area contributed by atoms with E-state index >= 15 is 0 Å². The molecule has 3 atom stereocenters. The van der Waals surface area contributed by atoms with Crippen molar-refractivity contribution < 1.29 is 43.2 Å². The van der Waals surface area contributed by atoms with Crippen LogP contribution in [-0.4, -0.2) is 92.0 Å². The Bertz CT molecular complexity index is 1240. The second kappa shape index (κ2) is 15.1. The number of amides is 2. The van der Waals surface area contributed by atoms with Crippen molar-refractivity contribution in [1.82, 2.24) is 10.2 Å². The van der Waals surface area contributed by atoms with Gasteiger partial charge in [0.15, 0.2) is 11.5 Å². The molecule has 3 N–H and O–H groups in total. The smallest absolute Gasteiger partial charge is 0.248 e. The third kappa shape index (κ3) is 7.99. The van der Waals surface area contributed by atoms with E-state index in [0.29, 0.717) is 21.0 Å². The van der Waals surface area contributed by atoms with Gasteiger partial charge in [0.2, 0.25) is 11.8 Å². The van der Waals surface area contributed by atoms with Crippen LogP contribution in [0, 0.1) is 9.39 Å². The number of methoxy groups -OCH3 is 2. The van der Waals surface area contributed by atoms with Gasteiger partial charge in [-0.1, -0.05) is 12.1 Å². The Labute approximate surface area is 245 Å². The molecular weight excluding hydrogens is 638 g/mol. The molecule has 10 nitrogen and oxygen atoms in total. The zero-order valence-electron chi connectivity index (χ0n) is 22.1. The summed E-state index contributed by atoms with van der Waals surface area (Å²) in [4.78, 5) is 38.9. The second-order valence-corrected chi connectivity index (χ2v) is 10.2. The number of benzene rings is 2.